The van der Waals surface area contributed by atoms with Gasteiger partial charge in [0.1, 0.15) is 5.52 Å². The monoisotopic (exact) mass is 413 g/mol. The molecule has 9 heteroatoms. The summed E-state index contributed by atoms with van der Waals surface area (Å²) in [5.41, 5.74) is 6.51. The van der Waals surface area contributed by atoms with Crippen LogP contribution in [-0.2, 0) is 14.6 Å². The van der Waals surface area contributed by atoms with E-state index in [2.05, 4.69) is 16.0 Å². The van der Waals surface area contributed by atoms with E-state index < -0.39 is 21.7 Å². The third-order valence-corrected chi connectivity index (χ3v) is 6.73. The van der Waals surface area contributed by atoms with E-state index in [-0.39, 0.29) is 23.8 Å². The fourth-order valence-corrected chi connectivity index (χ4v) is 5.29. The number of hydrogen-bond donors (Lipinski definition) is 2. The van der Waals surface area contributed by atoms with E-state index in [0.29, 0.717) is 28.6 Å². The highest BCUT2D eigenvalue weighted by atomic mass is 32.2. The molecule has 0 unspecified atom stereocenters. The molecular formula is C20H19N3O5S. The van der Waals surface area contributed by atoms with Crippen molar-refractivity contribution in [3.05, 3.63) is 54.1 Å². The molecule has 2 N–H and O–H groups in total. The largest absolute Gasteiger partial charge is 0.355 e. The molecule has 1 fully saturated rings. The maximum Gasteiger partial charge on any atom is 0.269 e. The van der Waals surface area contributed by atoms with Gasteiger partial charge in [-0.05, 0) is 30.5 Å². The van der Waals surface area contributed by atoms with Crippen molar-refractivity contribution in [1.29, 1.82) is 0 Å². The molecule has 1 saturated heterocycles. The lowest BCUT2D eigenvalue weighted by molar-refractivity contribution is -0.122. The second-order valence-corrected chi connectivity index (χ2v) is 9.31. The van der Waals surface area contributed by atoms with E-state index in [0.717, 1.165) is 5.56 Å². The number of rotatable bonds is 4. The van der Waals surface area contributed by atoms with Crippen LogP contribution >= 0.6 is 0 Å². The first-order valence-electron chi connectivity index (χ1n) is 9.16. The van der Waals surface area contributed by atoms with Crippen LogP contribution in [0.5, 0.6) is 0 Å². The minimum absolute atomic E-state index is 0.0147. The topological polar surface area (TPSA) is 118 Å². The van der Waals surface area contributed by atoms with Gasteiger partial charge in [0.2, 0.25) is 5.91 Å². The van der Waals surface area contributed by atoms with Crippen molar-refractivity contribution in [2.45, 2.75) is 12.8 Å². The summed E-state index contributed by atoms with van der Waals surface area (Å²) in [5.74, 6) is -0.433. The van der Waals surface area contributed by atoms with Gasteiger partial charge < -0.3 is 4.52 Å². The summed E-state index contributed by atoms with van der Waals surface area (Å²) >= 11 is 0. The third kappa shape index (κ3) is 4.29. The molecule has 0 radical (unpaired) electrons. The lowest BCUT2D eigenvalue weighted by atomic mass is 10.1. The van der Waals surface area contributed by atoms with Gasteiger partial charge in [-0.1, -0.05) is 35.5 Å². The van der Waals surface area contributed by atoms with Gasteiger partial charge in [-0.3, -0.25) is 20.4 Å². The molecule has 1 atom stereocenters. The van der Waals surface area contributed by atoms with Crippen LogP contribution in [0.25, 0.3) is 22.2 Å². The molecule has 3 aromatic rings. The Morgan fingerprint density at radius 1 is 1.10 bits per heavy atom. The number of nitrogens with zero attached hydrogens (tertiary/aromatic N) is 1. The molecule has 8 nitrogen and oxygen atoms in total. The van der Waals surface area contributed by atoms with Crippen LogP contribution in [0.3, 0.4) is 0 Å². The lowest BCUT2D eigenvalue weighted by Crippen LogP contribution is -2.42. The molecule has 0 aliphatic carbocycles. The summed E-state index contributed by atoms with van der Waals surface area (Å²) in [4.78, 5) is 24.4. The highest BCUT2D eigenvalue weighted by Gasteiger charge is 2.29. The molecule has 150 valence electrons. The highest BCUT2D eigenvalue weighted by molar-refractivity contribution is 7.91. The maximum absolute atomic E-state index is 12.4. The lowest BCUT2D eigenvalue weighted by Gasteiger charge is -2.10. The molecule has 0 saturated carbocycles. The zero-order valence-corrected chi connectivity index (χ0v) is 16.2. The van der Waals surface area contributed by atoms with E-state index in [1.54, 1.807) is 18.2 Å². The number of amides is 2. The maximum atomic E-state index is 12.4. The highest BCUT2D eigenvalue weighted by Crippen LogP contribution is 2.29. The number of hydrogen-bond acceptors (Lipinski definition) is 6. The van der Waals surface area contributed by atoms with Crippen molar-refractivity contribution in [1.82, 2.24) is 16.0 Å². The Balaban J connectivity index is 1.43. The van der Waals surface area contributed by atoms with Gasteiger partial charge in [-0.15, -0.1) is 0 Å². The van der Waals surface area contributed by atoms with Crippen molar-refractivity contribution in [3.8, 4) is 11.3 Å². The first kappa shape index (κ1) is 19.1. The Labute approximate surface area is 167 Å². The molecular weight excluding hydrogens is 394 g/mol. The smallest absolute Gasteiger partial charge is 0.269 e. The summed E-state index contributed by atoms with van der Waals surface area (Å²) in [7, 11) is -3.04. The van der Waals surface area contributed by atoms with Crippen LogP contribution in [0, 0.1) is 5.92 Å². The van der Waals surface area contributed by atoms with Crippen LogP contribution in [0.1, 0.15) is 23.2 Å². The minimum atomic E-state index is -3.04. The van der Waals surface area contributed by atoms with Crippen LogP contribution in [0.2, 0.25) is 0 Å². The van der Waals surface area contributed by atoms with Gasteiger partial charge in [0, 0.05) is 17.5 Å². The minimum Gasteiger partial charge on any atom is -0.355 e. The summed E-state index contributed by atoms with van der Waals surface area (Å²) < 4.78 is 28.4. The summed E-state index contributed by atoms with van der Waals surface area (Å²) in [6.07, 6.45) is 0.526. The van der Waals surface area contributed by atoms with Gasteiger partial charge in [0.05, 0.1) is 16.9 Å². The van der Waals surface area contributed by atoms with Crippen LogP contribution < -0.4 is 10.9 Å². The zero-order valence-electron chi connectivity index (χ0n) is 15.4. The second kappa shape index (κ2) is 7.67. The van der Waals surface area contributed by atoms with Crippen molar-refractivity contribution >= 4 is 32.6 Å². The van der Waals surface area contributed by atoms with Gasteiger partial charge in [0.25, 0.3) is 5.91 Å². The van der Waals surface area contributed by atoms with Gasteiger partial charge >= 0.3 is 0 Å². The number of fused-ring (bicyclic) bond motifs is 1. The van der Waals surface area contributed by atoms with Crippen molar-refractivity contribution < 1.29 is 22.5 Å². The fraction of sp³-hybridized carbons (Fsp3) is 0.250. The SMILES string of the molecule is O=C(C[C@H]1CCS(=O)(=O)C1)NNC(=O)c1ccc2noc(-c3ccccc3)c2c1. The molecule has 29 heavy (non-hydrogen) atoms. The van der Waals surface area contributed by atoms with Gasteiger partial charge in [0.15, 0.2) is 15.6 Å². The van der Waals surface area contributed by atoms with E-state index in [4.69, 9.17) is 4.52 Å². The van der Waals surface area contributed by atoms with E-state index >= 15 is 0 Å². The summed E-state index contributed by atoms with van der Waals surface area (Å²) in [5, 5.41) is 4.70. The summed E-state index contributed by atoms with van der Waals surface area (Å²) in [6.45, 7) is 0. The standard InChI is InChI=1S/C20H19N3O5S/c24-18(10-13-8-9-29(26,27)12-13)21-22-20(25)15-6-7-17-16(11-15)19(28-23-17)14-4-2-1-3-5-14/h1-7,11,13H,8-10,12H2,(H,21,24)(H,22,25)/t13-/m1/s1. The Bertz CT molecular complexity index is 1170. The quantitative estimate of drug-likeness (QED) is 0.632. The van der Waals surface area contributed by atoms with Crippen LogP contribution in [0.15, 0.2) is 53.1 Å². The van der Waals surface area contributed by atoms with Crippen molar-refractivity contribution in [3.63, 3.8) is 0 Å². The zero-order chi connectivity index (χ0) is 20.4. The average Bonchev–Trinajstić information content (AvgIpc) is 3.28. The molecule has 0 spiro atoms. The fourth-order valence-electron chi connectivity index (χ4n) is 3.43. The molecule has 1 aliphatic heterocycles. The molecule has 2 aromatic carbocycles. The Morgan fingerprint density at radius 2 is 1.90 bits per heavy atom. The predicted octanol–water partition coefficient (Wildman–Crippen LogP) is 2.08. The first-order chi connectivity index (χ1) is 13.9. The number of sulfone groups is 1. The number of aromatic nitrogens is 1. The van der Waals surface area contributed by atoms with E-state index in [1.807, 2.05) is 30.3 Å². The van der Waals surface area contributed by atoms with Crippen molar-refractivity contribution in [2.24, 2.45) is 5.92 Å². The van der Waals surface area contributed by atoms with Crippen LogP contribution in [-0.4, -0.2) is 36.9 Å². The Morgan fingerprint density at radius 3 is 2.62 bits per heavy atom. The third-order valence-electron chi connectivity index (χ3n) is 4.89. The second-order valence-electron chi connectivity index (χ2n) is 7.09. The molecule has 0 bridgehead atoms. The number of benzene rings is 2. The predicted molar refractivity (Wildman–Crippen MR) is 106 cm³/mol. The summed E-state index contributed by atoms with van der Waals surface area (Å²) in [6, 6.07) is 14.3. The molecule has 2 amide bonds. The number of hydrazine groups is 1. The molecule has 4 rings (SSSR count). The van der Waals surface area contributed by atoms with E-state index in [1.165, 1.54) is 0 Å². The Hall–Kier alpha value is -3.20. The molecule has 2 heterocycles. The normalized spacial score (nSPS) is 17.9. The van der Waals surface area contributed by atoms with E-state index in [9.17, 15) is 18.0 Å². The van der Waals surface area contributed by atoms with Gasteiger partial charge in [-0.25, -0.2) is 8.42 Å². The van der Waals surface area contributed by atoms with Crippen molar-refractivity contribution in [2.75, 3.05) is 11.5 Å². The number of nitrogens with one attached hydrogen (secondary N) is 2. The molecule has 1 aromatic heterocycles. The number of carbonyl (C=O) groups excluding carboxylic acids is 2. The first-order valence-corrected chi connectivity index (χ1v) is 11.0. The number of carbonyl (C=O) groups is 2. The Kier molecular flexibility index (Phi) is 5.06. The average molecular weight is 413 g/mol. The molecule has 1 aliphatic rings. The van der Waals surface area contributed by atoms with Gasteiger partial charge in [-0.2, -0.15) is 0 Å². The van der Waals surface area contributed by atoms with Crippen LogP contribution in [0.4, 0.5) is 0 Å².